The number of nitriles is 1. The van der Waals surface area contributed by atoms with Crippen LogP contribution in [0.15, 0.2) is 191 Å². The highest BCUT2D eigenvalue weighted by molar-refractivity contribution is 6.22. The topological polar surface area (TPSA) is 64.3 Å². The SMILES string of the molecule is [C-]#[N+]c1c(-c2cccc3oc4ccccc4c23)c(-n2c3ccccc3c3ccccc32)c(-c2cccc3oc4ccccc4c23)c(C#N)c1-n1c2ccccc2c2ccccc21. The standard InChI is InChI=1S/C56H30N4O2/c1-58-54-53(40-23-15-31-49-51(40)38-21-7-13-29-47(38)62-49)56(60-44-26-10-4-18-35(44)36-19-5-11-27-45(36)60)52(39-22-14-30-48-50(39)37-20-6-12-28-46(37)61-48)41(32-57)55(54)59-42-24-8-2-16-33(42)34-17-3-9-25-43(34)59/h2-31H. The fourth-order valence-corrected chi connectivity index (χ4v) is 10.2. The van der Waals surface area contributed by atoms with Gasteiger partial charge in [-0.1, -0.05) is 133 Å². The van der Waals surface area contributed by atoms with E-state index >= 15 is 0 Å². The van der Waals surface area contributed by atoms with Crippen molar-refractivity contribution in [1.82, 2.24) is 9.13 Å². The van der Waals surface area contributed by atoms with Gasteiger partial charge in [-0.2, -0.15) is 5.26 Å². The number of para-hydroxylation sites is 6. The molecule has 6 heteroatoms. The summed E-state index contributed by atoms with van der Waals surface area (Å²) in [5.74, 6) is 0. The van der Waals surface area contributed by atoms with Crippen molar-refractivity contribution in [3.8, 4) is 39.7 Å². The van der Waals surface area contributed by atoms with Crippen LogP contribution in [0.3, 0.4) is 0 Å². The first-order chi connectivity index (χ1) is 30.7. The number of aromatic nitrogens is 2. The van der Waals surface area contributed by atoms with Gasteiger partial charge in [0.1, 0.15) is 28.4 Å². The van der Waals surface area contributed by atoms with Crippen LogP contribution < -0.4 is 0 Å². The third kappa shape index (κ3) is 4.50. The minimum atomic E-state index is 0.357. The van der Waals surface area contributed by atoms with Gasteiger partial charge in [0.15, 0.2) is 0 Å². The summed E-state index contributed by atoms with van der Waals surface area (Å²) in [6.07, 6.45) is 0. The summed E-state index contributed by atoms with van der Waals surface area (Å²) in [6, 6.07) is 64.4. The molecule has 0 saturated carbocycles. The molecule has 0 aliphatic carbocycles. The van der Waals surface area contributed by atoms with E-state index in [9.17, 15) is 11.8 Å². The Morgan fingerprint density at radius 2 is 0.774 bits per heavy atom. The van der Waals surface area contributed by atoms with E-state index in [1.165, 1.54) is 0 Å². The first-order valence-electron chi connectivity index (χ1n) is 20.5. The van der Waals surface area contributed by atoms with Gasteiger partial charge >= 0.3 is 0 Å². The molecule has 0 unspecified atom stereocenters. The maximum absolute atomic E-state index is 12.0. The van der Waals surface area contributed by atoms with Crippen molar-refractivity contribution in [3.63, 3.8) is 0 Å². The summed E-state index contributed by atoms with van der Waals surface area (Å²) < 4.78 is 17.6. The molecule has 62 heavy (non-hydrogen) atoms. The van der Waals surface area contributed by atoms with Crippen LogP contribution in [0.2, 0.25) is 0 Å². The first-order valence-corrected chi connectivity index (χ1v) is 20.5. The van der Waals surface area contributed by atoms with Crippen LogP contribution in [-0.4, -0.2) is 9.13 Å². The molecule has 4 aromatic heterocycles. The average Bonchev–Trinajstić information content (AvgIpc) is 4.08. The summed E-state index contributed by atoms with van der Waals surface area (Å²) in [5.41, 5.74) is 11.6. The summed E-state index contributed by atoms with van der Waals surface area (Å²) in [4.78, 5) is 4.58. The maximum Gasteiger partial charge on any atom is 0.221 e. The Balaban J connectivity index is 1.37. The molecule has 0 radical (unpaired) electrons. The molecule has 0 bridgehead atoms. The van der Waals surface area contributed by atoms with Crippen LogP contribution in [0.1, 0.15) is 5.56 Å². The quantitative estimate of drug-likeness (QED) is 0.167. The van der Waals surface area contributed by atoms with Crippen LogP contribution in [-0.2, 0) is 0 Å². The Hall–Kier alpha value is -8.84. The molecule has 0 fully saturated rings. The van der Waals surface area contributed by atoms with Crippen molar-refractivity contribution in [1.29, 1.82) is 5.26 Å². The second-order valence-corrected chi connectivity index (χ2v) is 15.7. The van der Waals surface area contributed by atoms with Crippen LogP contribution in [0, 0.1) is 17.9 Å². The zero-order valence-corrected chi connectivity index (χ0v) is 32.9. The molecule has 13 aromatic rings. The molecule has 0 N–H and O–H groups in total. The van der Waals surface area contributed by atoms with Crippen LogP contribution in [0.5, 0.6) is 0 Å². The number of furan rings is 2. The molecular formula is C56H30N4O2. The molecule has 0 saturated heterocycles. The highest BCUT2D eigenvalue weighted by Gasteiger charge is 2.33. The largest absolute Gasteiger partial charge is 0.456 e. The summed E-state index contributed by atoms with van der Waals surface area (Å²) in [5, 5.41) is 19.9. The Morgan fingerprint density at radius 1 is 0.403 bits per heavy atom. The van der Waals surface area contributed by atoms with Crippen molar-refractivity contribution in [2.45, 2.75) is 0 Å². The third-order valence-corrected chi connectivity index (χ3v) is 12.6. The van der Waals surface area contributed by atoms with E-state index in [0.717, 1.165) is 93.1 Å². The van der Waals surface area contributed by atoms with Gasteiger partial charge in [0.25, 0.3) is 0 Å². The number of hydrogen-bond acceptors (Lipinski definition) is 3. The Bertz CT molecular complexity index is 3880. The van der Waals surface area contributed by atoms with Crippen molar-refractivity contribution in [2.24, 2.45) is 0 Å². The fourth-order valence-electron chi connectivity index (χ4n) is 10.2. The average molecular weight is 791 g/mol. The van der Waals surface area contributed by atoms with Gasteiger partial charge in [-0.05, 0) is 59.7 Å². The zero-order chi connectivity index (χ0) is 41.1. The van der Waals surface area contributed by atoms with E-state index in [-0.39, 0.29) is 0 Å². The van der Waals surface area contributed by atoms with Gasteiger partial charge in [-0.15, -0.1) is 0 Å². The van der Waals surface area contributed by atoms with Crippen LogP contribution in [0.4, 0.5) is 5.69 Å². The number of nitrogens with zero attached hydrogens (tertiary/aromatic N) is 4. The number of rotatable bonds is 4. The van der Waals surface area contributed by atoms with E-state index in [0.29, 0.717) is 39.2 Å². The van der Waals surface area contributed by atoms with Crippen molar-refractivity contribution in [3.05, 3.63) is 199 Å². The van der Waals surface area contributed by atoms with Gasteiger partial charge in [0.05, 0.1) is 45.6 Å². The van der Waals surface area contributed by atoms with Gasteiger partial charge in [0, 0.05) is 54.2 Å². The van der Waals surface area contributed by atoms with Crippen LogP contribution >= 0.6 is 0 Å². The van der Waals surface area contributed by atoms with E-state index in [2.05, 4.69) is 117 Å². The summed E-state index contributed by atoms with van der Waals surface area (Å²) >= 11 is 0. The molecule has 0 aliphatic rings. The lowest BCUT2D eigenvalue weighted by atomic mass is 9.85. The monoisotopic (exact) mass is 790 g/mol. The van der Waals surface area contributed by atoms with E-state index in [1.54, 1.807) is 0 Å². The normalized spacial score (nSPS) is 11.8. The number of benzene rings is 9. The zero-order valence-electron chi connectivity index (χ0n) is 32.9. The number of fused-ring (bicyclic) bond motifs is 12. The molecular weight excluding hydrogens is 761 g/mol. The van der Waals surface area contributed by atoms with E-state index in [4.69, 9.17) is 8.83 Å². The van der Waals surface area contributed by atoms with Crippen LogP contribution in [0.25, 0.3) is 126 Å². The van der Waals surface area contributed by atoms with Crippen molar-refractivity contribution >= 4 is 93.2 Å². The molecule has 13 rings (SSSR count). The second-order valence-electron chi connectivity index (χ2n) is 15.7. The minimum absolute atomic E-state index is 0.357. The van der Waals surface area contributed by atoms with E-state index < -0.39 is 0 Å². The molecule has 0 amide bonds. The summed E-state index contributed by atoms with van der Waals surface area (Å²) in [7, 11) is 0. The number of hydrogen-bond donors (Lipinski definition) is 0. The lowest BCUT2D eigenvalue weighted by Gasteiger charge is -2.26. The Labute approximate surface area is 353 Å². The Kier molecular flexibility index (Phi) is 7.05. The first kappa shape index (κ1) is 34.1. The van der Waals surface area contributed by atoms with Gasteiger partial charge in [-0.3, -0.25) is 0 Å². The van der Waals surface area contributed by atoms with Gasteiger partial charge < -0.3 is 18.0 Å². The van der Waals surface area contributed by atoms with Crippen molar-refractivity contribution < 1.29 is 8.83 Å². The molecule has 0 aliphatic heterocycles. The Morgan fingerprint density at radius 3 is 1.21 bits per heavy atom. The van der Waals surface area contributed by atoms with Crippen molar-refractivity contribution in [2.75, 3.05) is 0 Å². The molecule has 0 spiro atoms. The van der Waals surface area contributed by atoms with E-state index in [1.807, 2.05) is 84.9 Å². The molecule has 0 atom stereocenters. The smallest absolute Gasteiger partial charge is 0.221 e. The fraction of sp³-hybridized carbons (Fsp3) is 0. The highest BCUT2D eigenvalue weighted by atomic mass is 16.3. The highest BCUT2D eigenvalue weighted by Crippen LogP contribution is 2.55. The predicted octanol–water partition coefficient (Wildman–Crippen LogP) is 15.4. The molecule has 6 nitrogen and oxygen atoms in total. The van der Waals surface area contributed by atoms with Gasteiger partial charge in [0.2, 0.25) is 5.69 Å². The molecule has 286 valence electrons. The lowest BCUT2D eigenvalue weighted by molar-refractivity contribution is 0.668. The lowest BCUT2D eigenvalue weighted by Crippen LogP contribution is -2.08. The summed E-state index contributed by atoms with van der Waals surface area (Å²) in [6.45, 7) is 9.39. The third-order valence-electron chi connectivity index (χ3n) is 12.6. The molecule has 9 aromatic carbocycles. The maximum atomic E-state index is 12.0. The predicted molar refractivity (Wildman–Crippen MR) is 252 cm³/mol. The second kappa shape index (κ2) is 12.8. The molecule has 4 heterocycles. The van der Waals surface area contributed by atoms with Gasteiger partial charge in [-0.25, -0.2) is 4.85 Å². The minimum Gasteiger partial charge on any atom is -0.456 e.